The lowest BCUT2D eigenvalue weighted by atomic mass is 10.1. The number of amidine groups is 1. The topological polar surface area (TPSA) is 68.2 Å². The van der Waals surface area contributed by atoms with Crippen LogP contribution in [-0.2, 0) is 15.6 Å². The molecule has 0 saturated carbocycles. The van der Waals surface area contributed by atoms with Crippen LogP contribution in [0.5, 0.6) is 11.5 Å². The van der Waals surface area contributed by atoms with Crippen molar-refractivity contribution in [2.45, 2.75) is 17.8 Å². The molecule has 6 nitrogen and oxygen atoms in total. The highest BCUT2D eigenvalue weighted by Gasteiger charge is 2.47. The highest BCUT2D eigenvalue weighted by Crippen LogP contribution is 2.40. The first-order valence-corrected chi connectivity index (χ1v) is 12.7. The van der Waals surface area contributed by atoms with E-state index in [1.807, 2.05) is 17.0 Å². The Morgan fingerprint density at radius 2 is 1.80 bits per heavy atom. The van der Waals surface area contributed by atoms with Gasteiger partial charge in [0.15, 0.2) is 26.5 Å². The van der Waals surface area contributed by atoms with Gasteiger partial charge in [0, 0.05) is 27.6 Å². The Balaban J connectivity index is 1.68. The molecule has 2 aromatic rings. The molecule has 0 spiro atoms. The zero-order valence-electron chi connectivity index (χ0n) is 16.3. The SMILES string of the molecule is COc1ccc(N2C(SCc3c(Cl)cccc3Cl)=N[C@@H]3CS(=O)(=O)C[C@@H]32)cc1OC. The fourth-order valence-electron chi connectivity index (χ4n) is 3.72. The Labute approximate surface area is 190 Å². The van der Waals surface area contributed by atoms with E-state index in [0.717, 1.165) is 16.4 Å². The first kappa shape index (κ1) is 21.6. The van der Waals surface area contributed by atoms with Crippen molar-refractivity contribution in [1.82, 2.24) is 0 Å². The molecular formula is C20H20Cl2N2O4S2. The Morgan fingerprint density at radius 3 is 2.47 bits per heavy atom. The van der Waals surface area contributed by atoms with Gasteiger partial charge >= 0.3 is 0 Å². The molecule has 2 aliphatic heterocycles. The van der Waals surface area contributed by atoms with E-state index in [1.54, 1.807) is 38.5 Å². The number of aliphatic imine (C=N–C) groups is 1. The third kappa shape index (κ3) is 4.10. The normalized spacial score (nSPS) is 22.0. The van der Waals surface area contributed by atoms with Crippen LogP contribution < -0.4 is 14.4 Å². The minimum absolute atomic E-state index is 0.0539. The summed E-state index contributed by atoms with van der Waals surface area (Å²) in [5, 5.41) is 1.92. The number of fused-ring (bicyclic) bond motifs is 1. The summed E-state index contributed by atoms with van der Waals surface area (Å²) >= 11 is 14.1. The molecule has 2 aromatic carbocycles. The third-order valence-corrected chi connectivity index (χ3v) is 8.56. The van der Waals surface area contributed by atoms with Crippen molar-refractivity contribution >= 4 is 55.7 Å². The minimum atomic E-state index is -3.14. The standard InChI is InChI=1S/C20H20Cl2N2O4S2/c1-27-18-7-6-12(8-19(18)28-2)24-17-11-30(25,26)10-16(17)23-20(24)29-9-13-14(21)4-3-5-15(13)22/h3-8,16-17H,9-11H2,1-2H3/t16-,17+/m1/s1. The fraction of sp³-hybridized carbons (Fsp3) is 0.350. The summed E-state index contributed by atoms with van der Waals surface area (Å²) in [4.78, 5) is 6.72. The van der Waals surface area contributed by atoms with Crippen LogP contribution in [0, 0.1) is 0 Å². The van der Waals surface area contributed by atoms with Crippen LogP contribution in [0.4, 0.5) is 5.69 Å². The summed E-state index contributed by atoms with van der Waals surface area (Å²) in [5.74, 6) is 1.81. The summed E-state index contributed by atoms with van der Waals surface area (Å²) in [6, 6.07) is 10.4. The van der Waals surface area contributed by atoms with E-state index in [2.05, 4.69) is 0 Å². The molecule has 160 valence electrons. The van der Waals surface area contributed by atoms with Crippen LogP contribution in [0.25, 0.3) is 0 Å². The summed E-state index contributed by atoms with van der Waals surface area (Å²) in [5.41, 5.74) is 1.62. The number of benzene rings is 2. The van der Waals surface area contributed by atoms with E-state index in [0.29, 0.717) is 27.3 Å². The molecule has 2 heterocycles. The van der Waals surface area contributed by atoms with Gasteiger partial charge in [0.05, 0.1) is 37.8 Å². The predicted molar refractivity (Wildman–Crippen MR) is 123 cm³/mol. The number of rotatable bonds is 5. The largest absolute Gasteiger partial charge is 0.493 e. The molecule has 0 unspecified atom stereocenters. The number of ether oxygens (including phenoxy) is 2. The third-order valence-electron chi connectivity index (χ3n) is 5.16. The number of thioether (sulfide) groups is 1. The first-order chi connectivity index (χ1) is 14.3. The number of nitrogens with zero attached hydrogens (tertiary/aromatic N) is 2. The van der Waals surface area contributed by atoms with Crippen molar-refractivity contribution in [1.29, 1.82) is 0 Å². The zero-order chi connectivity index (χ0) is 21.5. The van der Waals surface area contributed by atoms with Crippen molar-refractivity contribution in [3.63, 3.8) is 0 Å². The van der Waals surface area contributed by atoms with E-state index in [-0.39, 0.29) is 23.6 Å². The smallest absolute Gasteiger partial charge is 0.164 e. The molecule has 4 rings (SSSR count). The van der Waals surface area contributed by atoms with Gasteiger partial charge in [0.1, 0.15) is 0 Å². The average Bonchev–Trinajstić information content (AvgIpc) is 3.18. The van der Waals surface area contributed by atoms with E-state index in [9.17, 15) is 8.42 Å². The lowest BCUT2D eigenvalue weighted by molar-refractivity contribution is 0.355. The Kier molecular flexibility index (Phi) is 6.12. The number of hydrogen-bond acceptors (Lipinski definition) is 7. The highest BCUT2D eigenvalue weighted by atomic mass is 35.5. The second-order valence-electron chi connectivity index (χ2n) is 7.02. The van der Waals surface area contributed by atoms with E-state index in [4.69, 9.17) is 37.7 Å². The van der Waals surface area contributed by atoms with Crippen LogP contribution in [0.3, 0.4) is 0 Å². The second-order valence-corrected chi connectivity index (χ2v) is 10.9. The van der Waals surface area contributed by atoms with Crippen molar-refractivity contribution < 1.29 is 17.9 Å². The van der Waals surface area contributed by atoms with E-state index in [1.165, 1.54) is 11.8 Å². The maximum Gasteiger partial charge on any atom is 0.164 e. The average molecular weight is 487 g/mol. The van der Waals surface area contributed by atoms with Crippen LogP contribution >= 0.6 is 35.0 Å². The number of hydrogen-bond donors (Lipinski definition) is 0. The van der Waals surface area contributed by atoms with Crippen molar-refractivity contribution in [3.8, 4) is 11.5 Å². The molecule has 0 bridgehead atoms. The fourth-order valence-corrected chi connectivity index (χ4v) is 7.43. The lowest BCUT2D eigenvalue weighted by Crippen LogP contribution is -2.39. The molecule has 0 N–H and O–H groups in total. The summed E-state index contributed by atoms with van der Waals surface area (Å²) in [6.07, 6.45) is 0. The molecule has 0 aromatic heterocycles. The van der Waals surface area contributed by atoms with E-state index < -0.39 is 9.84 Å². The van der Waals surface area contributed by atoms with Gasteiger partial charge in [-0.25, -0.2) is 8.42 Å². The predicted octanol–water partition coefficient (Wildman–Crippen LogP) is 4.29. The highest BCUT2D eigenvalue weighted by molar-refractivity contribution is 8.13. The number of anilines is 1. The number of halogens is 2. The molecule has 0 radical (unpaired) electrons. The van der Waals surface area contributed by atoms with Crippen molar-refractivity contribution in [3.05, 3.63) is 52.0 Å². The van der Waals surface area contributed by atoms with Crippen LogP contribution in [0.2, 0.25) is 10.0 Å². The maximum atomic E-state index is 12.2. The summed E-state index contributed by atoms with van der Waals surface area (Å²) < 4.78 is 35.2. The second kappa shape index (κ2) is 8.49. The van der Waals surface area contributed by atoms with Gasteiger partial charge < -0.3 is 14.4 Å². The molecule has 1 fully saturated rings. The van der Waals surface area contributed by atoms with E-state index >= 15 is 0 Å². The minimum Gasteiger partial charge on any atom is -0.493 e. The van der Waals surface area contributed by atoms with Crippen LogP contribution in [-0.4, -0.2) is 51.4 Å². The van der Waals surface area contributed by atoms with Gasteiger partial charge in [-0.15, -0.1) is 0 Å². The van der Waals surface area contributed by atoms with Gasteiger partial charge in [-0.3, -0.25) is 4.99 Å². The number of methoxy groups -OCH3 is 2. The van der Waals surface area contributed by atoms with Gasteiger partial charge in [0.25, 0.3) is 0 Å². The van der Waals surface area contributed by atoms with Crippen LogP contribution in [0.15, 0.2) is 41.4 Å². The summed E-state index contributed by atoms with van der Waals surface area (Å²) in [7, 11) is 0.00445. The zero-order valence-corrected chi connectivity index (χ0v) is 19.5. The first-order valence-electron chi connectivity index (χ1n) is 9.18. The van der Waals surface area contributed by atoms with Gasteiger partial charge in [0.2, 0.25) is 0 Å². The molecule has 30 heavy (non-hydrogen) atoms. The lowest BCUT2D eigenvalue weighted by Gasteiger charge is -2.27. The van der Waals surface area contributed by atoms with Crippen LogP contribution in [0.1, 0.15) is 5.56 Å². The monoisotopic (exact) mass is 486 g/mol. The van der Waals surface area contributed by atoms with Gasteiger partial charge in [-0.2, -0.15) is 0 Å². The molecule has 10 heteroatoms. The van der Waals surface area contributed by atoms with Crippen molar-refractivity contribution in [2.24, 2.45) is 4.99 Å². The molecule has 2 atom stereocenters. The quantitative estimate of drug-likeness (QED) is 0.627. The Hall–Kier alpha value is -1.61. The molecular weight excluding hydrogens is 467 g/mol. The summed E-state index contributed by atoms with van der Waals surface area (Å²) in [6.45, 7) is 0. The van der Waals surface area contributed by atoms with Gasteiger partial charge in [-0.05, 0) is 29.8 Å². The Morgan fingerprint density at radius 1 is 1.10 bits per heavy atom. The molecule has 1 saturated heterocycles. The van der Waals surface area contributed by atoms with Crippen molar-refractivity contribution in [2.75, 3.05) is 30.6 Å². The molecule has 2 aliphatic rings. The molecule has 0 amide bonds. The van der Waals surface area contributed by atoms with Gasteiger partial charge in [-0.1, -0.05) is 41.0 Å². The number of sulfone groups is 1. The Bertz CT molecular complexity index is 1090. The maximum absolute atomic E-state index is 12.2. The molecule has 0 aliphatic carbocycles.